The first-order valence-electron chi connectivity index (χ1n) is 11.7. The zero-order chi connectivity index (χ0) is 23.5. The summed E-state index contributed by atoms with van der Waals surface area (Å²) in [5.74, 6) is -1.19. The first kappa shape index (κ1) is 22.0. The van der Waals surface area contributed by atoms with E-state index in [9.17, 15) is 9.59 Å². The van der Waals surface area contributed by atoms with Crippen LogP contribution in [0.25, 0.3) is 0 Å². The van der Waals surface area contributed by atoms with Crippen molar-refractivity contribution in [3.63, 3.8) is 0 Å². The number of ether oxygens (including phenoxy) is 1. The van der Waals surface area contributed by atoms with Gasteiger partial charge >= 0.3 is 5.97 Å². The highest BCUT2D eigenvalue weighted by Crippen LogP contribution is 2.46. The van der Waals surface area contributed by atoms with Gasteiger partial charge in [-0.25, -0.2) is 0 Å². The summed E-state index contributed by atoms with van der Waals surface area (Å²) >= 11 is 0. The van der Waals surface area contributed by atoms with E-state index in [0.717, 1.165) is 22.4 Å². The molecule has 3 atom stereocenters. The molecule has 4 heteroatoms. The minimum atomic E-state index is -0.623. The molecular weight excluding hydrogens is 422 g/mol. The Morgan fingerprint density at radius 3 is 2.09 bits per heavy atom. The van der Waals surface area contributed by atoms with Crippen LogP contribution in [0.5, 0.6) is 0 Å². The number of aliphatic imine (C=N–C) groups is 1. The first-order valence-corrected chi connectivity index (χ1v) is 11.7. The lowest BCUT2D eigenvalue weighted by Crippen LogP contribution is -2.38. The normalized spacial score (nSPS) is 22.1. The van der Waals surface area contributed by atoms with Gasteiger partial charge in [0.1, 0.15) is 12.5 Å². The quantitative estimate of drug-likeness (QED) is 0.449. The van der Waals surface area contributed by atoms with Crippen LogP contribution in [0.1, 0.15) is 48.3 Å². The summed E-state index contributed by atoms with van der Waals surface area (Å²) in [7, 11) is 0. The molecule has 0 saturated carbocycles. The maximum absolute atomic E-state index is 13.6. The van der Waals surface area contributed by atoms with Gasteiger partial charge in [-0.1, -0.05) is 91.0 Å². The van der Waals surface area contributed by atoms with Crippen molar-refractivity contribution in [2.75, 3.05) is 0 Å². The van der Waals surface area contributed by atoms with E-state index in [-0.39, 0.29) is 30.2 Å². The van der Waals surface area contributed by atoms with E-state index >= 15 is 0 Å². The molecule has 0 saturated heterocycles. The Morgan fingerprint density at radius 1 is 0.853 bits per heavy atom. The van der Waals surface area contributed by atoms with Crippen molar-refractivity contribution < 1.29 is 14.3 Å². The molecule has 1 unspecified atom stereocenters. The molecule has 0 amide bonds. The van der Waals surface area contributed by atoms with Gasteiger partial charge in [-0.3, -0.25) is 14.6 Å². The Labute approximate surface area is 200 Å². The summed E-state index contributed by atoms with van der Waals surface area (Å²) in [5.41, 5.74) is 5.20. The summed E-state index contributed by atoms with van der Waals surface area (Å²) in [6, 6.07) is 29.6. The molecule has 3 aromatic carbocycles. The molecule has 0 fully saturated rings. The first-order chi connectivity index (χ1) is 16.6. The van der Waals surface area contributed by atoms with E-state index in [1.54, 1.807) is 0 Å². The van der Waals surface area contributed by atoms with Crippen molar-refractivity contribution in [2.24, 2.45) is 10.9 Å². The van der Waals surface area contributed by atoms with E-state index in [0.29, 0.717) is 24.1 Å². The SMILES string of the molecule is CC1=NC2=C(C(=O)C[C@H](c3ccccc3)C2)[C@H](c2ccccc2)C1C(=O)OCc1ccccc1. The molecule has 34 heavy (non-hydrogen) atoms. The second-order valence-corrected chi connectivity index (χ2v) is 9.01. The van der Waals surface area contributed by atoms with E-state index < -0.39 is 5.92 Å². The Morgan fingerprint density at radius 2 is 1.44 bits per heavy atom. The molecule has 0 radical (unpaired) electrons. The fourth-order valence-electron chi connectivity index (χ4n) is 5.16. The van der Waals surface area contributed by atoms with Crippen LogP contribution >= 0.6 is 0 Å². The van der Waals surface area contributed by atoms with Gasteiger partial charge < -0.3 is 4.74 Å². The lowest BCUT2D eigenvalue weighted by molar-refractivity contribution is -0.148. The average molecular weight is 450 g/mol. The van der Waals surface area contributed by atoms with Crippen molar-refractivity contribution in [2.45, 2.75) is 38.2 Å². The molecule has 2 aliphatic rings. The number of esters is 1. The van der Waals surface area contributed by atoms with Crippen molar-refractivity contribution >= 4 is 17.5 Å². The summed E-state index contributed by atoms with van der Waals surface area (Å²) in [5, 5.41) is 0. The number of carbonyl (C=O) groups is 2. The highest BCUT2D eigenvalue weighted by atomic mass is 16.5. The Balaban J connectivity index is 1.49. The Bertz CT molecular complexity index is 1250. The minimum Gasteiger partial charge on any atom is -0.460 e. The van der Waals surface area contributed by atoms with Crippen molar-refractivity contribution in [1.29, 1.82) is 0 Å². The molecule has 0 bridgehead atoms. The van der Waals surface area contributed by atoms with Crippen LogP contribution in [0.2, 0.25) is 0 Å². The number of Topliss-reactive ketones (excluding diaryl/α,β-unsaturated/α-hetero) is 1. The number of rotatable bonds is 5. The summed E-state index contributed by atoms with van der Waals surface area (Å²) in [6.07, 6.45) is 1.12. The summed E-state index contributed by atoms with van der Waals surface area (Å²) in [6.45, 7) is 2.08. The highest BCUT2D eigenvalue weighted by molar-refractivity contribution is 6.09. The number of nitrogens with zero attached hydrogens (tertiary/aromatic N) is 1. The van der Waals surface area contributed by atoms with E-state index in [4.69, 9.17) is 9.73 Å². The van der Waals surface area contributed by atoms with Crippen molar-refractivity contribution in [3.8, 4) is 0 Å². The molecule has 1 heterocycles. The molecule has 0 aromatic heterocycles. The van der Waals surface area contributed by atoms with Crippen molar-refractivity contribution in [3.05, 3.63) is 119 Å². The number of carbonyl (C=O) groups excluding carboxylic acids is 2. The Hall–Kier alpha value is -3.79. The zero-order valence-corrected chi connectivity index (χ0v) is 19.2. The molecule has 170 valence electrons. The van der Waals surface area contributed by atoms with Crippen LogP contribution in [0, 0.1) is 5.92 Å². The number of hydrogen-bond donors (Lipinski definition) is 0. The van der Waals surface area contributed by atoms with E-state index in [1.807, 2.05) is 85.8 Å². The number of allylic oxidation sites excluding steroid dienone is 2. The molecular formula is C30H27NO3. The second kappa shape index (κ2) is 9.60. The standard InChI is InChI=1S/C30H27NO3/c1-20-27(30(33)34-19-21-11-5-2-6-12-21)28(23-15-9-4-10-16-23)29-25(31-20)17-24(18-26(29)32)22-13-7-3-8-14-22/h2-16,24,27-28H,17-19H2,1H3/t24-,27?,28-/m1/s1. The van der Waals surface area contributed by atoms with E-state index in [2.05, 4.69) is 12.1 Å². The van der Waals surface area contributed by atoms with Gasteiger partial charge in [0.25, 0.3) is 0 Å². The zero-order valence-electron chi connectivity index (χ0n) is 19.2. The topological polar surface area (TPSA) is 55.7 Å². The number of ketones is 1. The lowest BCUT2D eigenvalue weighted by Gasteiger charge is -2.36. The smallest absolute Gasteiger partial charge is 0.315 e. The summed E-state index contributed by atoms with van der Waals surface area (Å²) < 4.78 is 5.74. The van der Waals surface area contributed by atoms with Crippen LogP contribution in [-0.2, 0) is 20.9 Å². The largest absolute Gasteiger partial charge is 0.460 e. The van der Waals surface area contributed by atoms with Crippen LogP contribution < -0.4 is 0 Å². The number of benzene rings is 3. The molecule has 1 aliphatic carbocycles. The van der Waals surface area contributed by atoms with E-state index in [1.165, 1.54) is 0 Å². The third-order valence-electron chi connectivity index (χ3n) is 6.80. The minimum absolute atomic E-state index is 0.0704. The molecule has 3 aromatic rings. The van der Waals surface area contributed by atoms with Crippen LogP contribution in [0.4, 0.5) is 0 Å². The maximum atomic E-state index is 13.6. The van der Waals surface area contributed by atoms with Gasteiger partial charge in [-0.15, -0.1) is 0 Å². The molecule has 0 N–H and O–H groups in total. The maximum Gasteiger partial charge on any atom is 0.315 e. The Kier molecular flexibility index (Phi) is 6.22. The predicted molar refractivity (Wildman–Crippen MR) is 132 cm³/mol. The van der Waals surface area contributed by atoms with Crippen LogP contribution in [-0.4, -0.2) is 17.5 Å². The van der Waals surface area contributed by atoms with Gasteiger partial charge in [0.15, 0.2) is 5.78 Å². The molecule has 1 aliphatic heterocycles. The predicted octanol–water partition coefficient (Wildman–Crippen LogP) is 6.01. The monoisotopic (exact) mass is 449 g/mol. The number of hydrogen-bond acceptors (Lipinski definition) is 4. The molecule has 4 nitrogen and oxygen atoms in total. The van der Waals surface area contributed by atoms with Crippen molar-refractivity contribution in [1.82, 2.24) is 0 Å². The third kappa shape index (κ3) is 4.36. The lowest BCUT2D eigenvalue weighted by atomic mass is 9.69. The summed E-state index contributed by atoms with van der Waals surface area (Å²) in [4.78, 5) is 31.8. The second-order valence-electron chi connectivity index (χ2n) is 9.01. The fourth-order valence-corrected chi connectivity index (χ4v) is 5.16. The van der Waals surface area contributed by atoms with Gasteiger partial charge in [0.05, 0.1) is 0 Å². The van der Waals surface area contributed by atoms with Gasteiger partial charge in [0, 0.05) is 29.3 Å². The van der Waals surface area contributed by atoms with Gasteiger partial charge in [-0.05, 0) is 36.0 Å². The highest BCUT2D eigenvalue weighted by Gasteiger charge is 2.44. The van der Waals surface area contributed by atoms with Crippen LogP contribution in [0.3, 0.4) is 0 Å². The van der Waals surface area contributed by atoms with Crippen LogP contribution in [0.15, 0.2) is 107 Å². The van der Waals surface area contributed by atoms with Gasteiger partial charge in [0.2, 0.25) is 0 Å². The average Bonchev–Trinajstić information content (AvgIpc) is 2.88. The van der Waals surface area contributed by atoms with Gasteiger partial charge in [-0.2, -0.15) is 0 Å². The molecule has 5 rings (SSSR count). The third-order valence-corrected chi connectivity index (χ3v) is 6.80. The molecule has 0 spiro atoms. The fraction of sp³-hybridized carbons (Fsp3) is 0.233.